The number of pyridine rings is 1. The van der Waals surface area contributed by atoms with Gasteiger partial charge >= 0.3 is 0 Å². The van der Waals surface area contributed by atoms with Crippen LogP contribution in [0.1, 0.15) is 11.4 Å². The standard InChI is InChI=1S/C11H13ClN4S/c1-13-6-2-3-10-15-16-11(17-10)9-5-4-8(12)7-14-9/h4-5,7,13H,2-3,6H2,1H3. The average Bonchev–Trinajstić information content (AvgIpc) is 2.79. The fourth-order valence-electron chi connectivity index (χ4n) is 1.38. The minimum absolute atomic E-state index is 0.632. The molecule has 0 saturated carbocycles. The van der Waals surface area contributed by atoms with Gasteiger partial charge in [-0.3, -0.25) is 4.98 Å². The Bertz CT molecular complexity index is 469. The van der Waals surface area contributed by atoms with Crippen LogP contribution >= 0.6 is 22.9 Å². The number of nitrogens with one attached hydrogen (secondary N) is 1. The van der Waals surface area contributed by atoms with Gasteiger partial charge in [0.15, 0.2) is 5.01 Å². The molecule has 2 aromatic heterocycles. The SMILES string of the molecule is CNCCCc1nnc(-c2ccc(Cl)cn2)s1. The molecule has 0 aromatic carbocycles. The summed E-state index contributed by atoms with van der Waals surface area (Å²) in [5.74, 6) is 0. The van der Waals surface area contributed by atoms with E-state index in [9.17, 15) is 0 Å². The molecule has 4 nitrogen and oxygen atoms in total. The van der Waals surface area contributed by atoms with Crippen LogP contribution in [0.2, 0.25) is 5.02 Å². The van der Waals surface area contributed by atoms with Gasteiger partial charge in [0.1, 0.15) is 10.7 Å². The van der Waals surface area contributed by atoms with E-state index in [1.165, 1.54) is 0 Å². The predicted molar refractivity (Wildman–Crippen MR) is 70.4 cm³/mol. The first-order valence-corrected chi connectivity index (χ1v) is 6.58. The van der Waals surface area contributed by atoms with Gasteiger partial charge in [0.05, 0.1) is 5.02 Å². The summed E-state index contributed by atoms with van der Waals surface area (Å²) < 4.78 is 0. The summed E-state index contributed by atoms with van der Waals surface area (Å²) in [6.45, 7) is 0.994. The Balaban J connectivity index is 2.04. The Kier molecular flexibility index (Phi) is 4.42. The number of hydrogen-bond acceptors (Lipinski definition) is 5. The number of hydrogen-bond donors (Lipinski definition) is 1. The molecule has 17 heavy (non-hydrogen) atoms. The van der Waals surface area contributed by atoms with E-state index < -0.39 is 0 Å². The summed E-state index contributed by atoms with van der Waals surface area (Å²) in [5, 5.41) is 13.9. The lowest BCUT2D eigenvalue weighted by molar-refractivity contribution is 0.718. The number of nitrogens with zero attached hydrogens (tertiary/aromatic N) is 3. The first-order valence-electron chi connectivity index (χ1n) is 5.38. The highest BCUT2D eigenvalue weighted by Gasteiger charge is 2.07. The van der Waals surface area contributed by atoms with E-state index >= 15 is 0 Å². The van der Waals surface area contributed by atoms with Crippen molar-refractivity contribution in [3.8, 4) is 10.7 Å². The highest BCUT2D eigenvalue weighted by atomic mass is 35.5. The molecule has 0 aliphatic heterocycles. The molecule has 0 fully saturated rings. The van der Waals surface area contributed by atoms with Crippen molar-refractivity contribution in [3.05, 3.63) is 28.4 Å². The van der Waals surface area contributed by atoms with Gasteiger partial charge in [0.2, 0.25) is 0 Å². The maximum atomic E-state index is 5.79. The number of rotatable bonds is 5. The molecule has 6 heteroatoms. The molecular weight excluding hydrogens is 256 g/mol. The van der Waals surface area contributed by atoms with E-state index in [1.54, 1.807) is 17.5 Å². The fourth-order valence-corrected chi connectivity index (χ4v) is 2.35. The van der Waals surface area contributed by atoms with Crippen LogP contribution in [0.5, 0.6) is 0 Å². The molecule has 0 aliphatic carbocycles. The summed E-state index contributed by atoms with van der Waals surface area (Å²) in [4.78, 5) is 4.22. The van der Waals surface area contributed by atoms with Crippen LogP contribution in [-0.4, -0.2) is 28.8 Å². The van der Waals surface area contributed by atoms with E-state index in [2.05, 4.69) is 20.5 Å². The summed E-state index contributed by atoms with van der Waals surface area (Å²) in [5.41, 5.74) is 0.826. The summed E-state index contributed by atoms with van der Waals surface area (Å²) in [6, 6.07) is 3.67. The lowest BCUT2D eigenvalue weighted by Crippen LogP contribution is -2.08. The maximum absolute atomic E-state index is 5.79. The largest absolute Gasteiger partial charge is 0.320 e. The Morgan fingerprint density at radius 3 is 2.94 bits per heavy atom. The average molecular weight is 269 g/mol. The van der Waals surface area contributed by atoms with Crippen molar-refractivity contribution in [2.24, 2.45) is 0 Å². The van der Waals surface area contributed by atoms with E-state index in [-0.39, 0.29) is 0 Å². The maximum Gasteiger partial charge on any atom is 0.166 e. The van der Waals surface area contributed by atoms with Crippen LogP contribution in [0.3, 0.4) is 0 Å². The van der Waals surface area contributed by atoms with Gasteiger partial charge in [-0.15, -0.1) is 10.2 Å². The first kappa shape index (κ1) is 12.4. The van der Waals surface area contributed by atoms with Crippen molar-refractivity contribution >= 4 is 22.9 Å². The van der Waals surface area contributed by atoms with Crippen LogP contribution in [0.4, 0.5) is 0 Å². The van der Waals surface area contributed by atoms with Crippen molar-refractivity contribution in [1.29, 1.82) is 0 Å². The number of aryl methyl sites for hydroxylation is 1. The zero-order valence-corrected chi connectivity index (χ0v) is 11.1. The third-order valence-corrected chi connectivity index (χ3v) is 3.46. The highest BCUT2D eigenvalue weighted by Crippen LogP contribution is 2.23. The summed E-state index contributed by atoms with van der Waals surface area (Å²) >= 11 is 7.37. The molecule has 0 radical (unpaired) electrons. The zero-order valence-electron chi connectivity index (χ0n) is 9.48. The van der Waals surface area contributed by atoms with Gasteiger partial charge in [-0.25, -0.2) is 0 Å². The molecule has 2 aromatic rings. The lowest BCUT2D eigenvalue weighted by atomic mass is 10.3. The molecule has 0 amide bonds. The molecular formula is C11H13ClN4S. The summed E-state index contributed by atoms with van der Waals surface area (Å²) in [7, 11) is 1.95. The summed E-state index contributed by atoms with van der Waals surface area (Å²) in [6.07, 6.45) is 3.64. The van der Waals surface area contributed by atoms with Gasteiger partial charge in [-0.1, -0.05) is 22.9 Å². The first-order chi connectivity index (χ1) is 8.29. The number of aromatic nitrogens is 3. The molecule has 2 heterocycles. The van der Waals surface area contributed by atoms with Crippen molar-refractivity contribution in [3.63, 3.8) is 0 Å². The van der Waals surface area contributed by atoms with E-state index in [0.717, 1.165) is 35.1 Å². The van der Waals surface area contributed by atoms with E-state index in [1.807, 2.05) is 19.2 Å². The molecule has 2 rings (SSSR count). The quantitative estimate of drug-likeness (QED) is 0.846. The third-order valence-electron chi connectivity index (χ3n) is 2.23. The molecule has 0 aliphatic rings. The van der Waals surface area contributed by atoms with E-state index in [0.29, 0.717) is 5.02 Å². The molecule has 1 N–H and O–H groups in total. The Morgan fingerprint density at radius 1 is 1.35 bits per heavy atom. The molecule has 0 saturated heterocycles. The van der Waals surface area contributed by atoms with E-state index in [4.69, 9.17) is 11.6 Å². The smallest absolute Gasteiger partial charge is 0.166 e. The van der Waals surface area contributed by atoms with Crippen LogP contribution in [0, 0.1) is 0 Å². The lowest BCUT2D eigenvalue weighted by Gasteiger charge is -1.95. The Labute approximate surface area is 109 Å². The second-order valence-corrected chi connectivity index (χ2v) is 5.07. The van der Waals surface area contributed by atoms with Crippen LogP contribution in [0.25, 0.3) is 10.7 Å². The molecule has 0 unspecified atom stereocenters. The van der Waals surface area contributed by atoms with Crippen molar-refractivity contribution in [1.82, 2.24) is 20.5 Å². The normalized spacial score (nSPS) is 10.7. The monoisotopic (exact) mass is 268 g/mol. The Morgan fingerprint density at radius 2 is 2.24 bits per heavy atom. The Hall–Kier alpha value is -1.04. The second kappa shape index (κ2) is 6.05. The van der Waals surface area contributed by atoms with Crippen LogP contribution in [-0.2, 0) is 6.42 Å². The van der Waals surface area contributed by atoms with Gasteiger partial charge in [-0.05, 0) is 32.1 Å². The van der Waals surface area contributed by atoms with Crippen molar-refractivity contribution in [2.45, 2.75) is 12.8 Å². The van der Waals surface area contributed by atoms with Crippen molar-refractivity contribution < 1.29 is 0 Å². The van der Waals surface area contributed by atoms with Crippen molar-refractivity contribution in [2.75, 3.05) is 13.6 Å². The van der Waals surface area contributed by atoms with Crippen LogP contribution in [0.15, 0.2) is 18.3 Å². The third kappa shape index (κ3) is 3.46. The minimum Gasteiger partial charge on any atom is -0.320 e. The van der Waals surface area contributed by atoms with Gasteiger partial charge in [-0.2, -0.15) is 0 Å². The van der Waals surface area contributed by atoms with Gasteiger partial charge in [0.25, 0.3) is 0 Å². The highest BCUT2D eigenvalue weighted by molar-refractivity contribution is 7.14. The molecule has 0 atom stereocenters. The fraction of sp³-hybridized carbons (Fsp3) is 0.364. The molecule has 90 valence electrons. The zero-order chi connectivity index (χ0) is 12.1. The predicted octanol–water partition coefficient (Wildman–Crippen LogP) is 2.41. The second-order valence-electron chi connectivity index (χ2n) is 3.57. The van der Waals surface area contributed by atoms with Gasteiger partial charge < -0.3 is 5.32 Å². The molecule has 0 bridgehead atoms. The number of halogens is 1. The molecule has 0 spiro atoms. The van der Waals surface area contributed by atoms with Crippen LogP contribution < -0.4 is 5.32 Å². The minimum atomic E-state index is 0.632. The van der Waals surface area contributed by atoms with Gasteiger partial charge in [0, 0.05) is 12.6 Å². The topological polar surface area (TPSA) is 50.7 Å².